The molecule has 0 aromatic carbocycles. The number of nitrogens with zero attached hydrogens (tertiary/aromatic N) is 3. The third-order valence-electron chi connectivity index (χ3n) is 2.51. The van der Waals surface area contributed by atoms with Crippen LogP contribution in [0.1, 0.15) is 41.8 Å². The van der Waals surface area contributed by atoms with Crippen molar-refractivity contribution in [3.63, 3.8) is 0 Å². The quantitative estimate of drug-likeness (QED) is 0.789. The number of hydrogen-bond donors (Lipinski definition) is 0. The first-order valence-electron chi connectivity index (χ1n) is 6.14. The average molecular weight is 358 g/mol. The van der Waals surface area contributed by atoms with Gasteiger partial charge in [0, 0.05) is 4.88 Å². The van der Waals surface area contributed by atoms with E-state index in [2.05, 4.69) is 26.2 Å². The zero-order valence-electron chi connectivity index (χ0n) is 11.8. The van der Waals surface area contributed by atoms with Gasteiger partial charge in [-0.15, -0.1) is 16.4 Å². The van der Waals surface area contributed by atoms with Gasteiger partial charge in [0.25, 0.3) is 0 Å². The number of esters is 1. The van der Waals surface area contributed by atoms with E-state index in [1.54, 1.807) is 16.0 Å². The lowest BCUT2D eigenvalue weighted by Gasteiger charge is -2.18. The van der Waals surface area contributed by atoms with Gasteiger partial charge in [0.1, 0.15) is 5.60 Å². The second-order valence-corrected chi connectivity index (χ2v) is 7.94. The molecule has 2 heterocycles. The summed E-state index contributed by atoms with van der Waals surface area (Å²) in [6.45, 7) is 7.90. The van der Waals surface area contributed by atoms with Crippen molar-refractivity contribution in [3.8, 4) is 0 Å². The molecule has 7 heteroatoms. The van der Waals surface area contributed by atoms with E-state index in [0.29, 0.717) is 12.2 Å². The molecule has 2 rings (SSSR count). The van der Waals surface area contributed by atoms with Crippen LogP contribution in [-0.2, 0) is 11.3 Å². The smallest absolute Gasteiger partial charge is 0.361 e. The van der Waals surface area contributed by atoms with Crippen molar-refractivity contribution in [2.24, 2.45) is 0 Å². The summed E-state index contributed by atoms with van der Waals surface area (Å²) >= 11 is 5.06. The number of carbonyl (C=O) groups is 1. The number of carbonyl (C=O) groups excluding carboxylic acids is 1. The van der Waals surface area contributed by atoms with Crippen molar-refractivity contribution in [1.29, 1.82) is 0 Å². The van der Waals surface area contributed by atoms with Crippen molar-refractivity contribution in [3.05, 3.63) is 32.2 Å². The Hall–Kier alpha value is -1.21. The Morgan fingerprint density at radius 3 is 2.70 bits per heavy atom. The third-order valence-corrected chi connectivity index (χ3v) is 4.12. The number of halogens is 1. The molecule has 0 N–H and O–H groups in total. The van der Waals surface area contributed by atoms with E-state index in [9.17, 15) is 4.79 Å². The summed E-state index contributed by atoms with van der Waals surface area (Å²) in [5, 5.41) is 7.96. The lowest BCUT2D eigenvalue weighted by molar-refractivity contribution is 0.00619. The molecule has 0 aliphatic heterocycles. The molecule has 0 spiro atoms. The lowest BCUT2D eigenvalue weighted by Crippen LogP contribution is -2.24. The van der Waals surface area contributed by atoms with Gasteiger partial charge < -0.3 is 4.74 Å². The van der Waals surface area contributed by atoms with Crippen molar-refractivity contribution >= 4 is 33.2 Å². The molecular weight excluding hydrogens is 342 g/mol. The topological polar surface area (TPSA) is 57.0 Å². The molecule has 108 valence electrons. The summed E-state index contributed by atoms with van der Waals surface area (Å²) in [6, 6.07) is 4.00. The predicted octanol–water partition coefficient (Wildman–Crippen LogP) is 3.41. The molecule has 5 nitrogen and oxygen atoms in total. The average Bonchev–Trinajstić information content (AvgIpc) is 2.85. The van der Waals surface area contributed by atoms with Crippen LogP contribution in [0.25, 0.3) is 0 Å². The number of hydrogen-bond acceptors (Lipinski definition) is 5. The fourth-order valence-corrected chi connectivity index (χ4v) is 3.08. The predicted molar refractivity (Wildman–Crippen MR) is 81.0 cm³/mol. The summed E-state index contributed by atoms with van der Waals surface area (Å²) in [7, 11) is 0. The molecule has 0 saturated carbocycles. The van der Waals surface area contributed by atoms with Crippen molar-refractivity contribution in [2.45, 2.75) is 39.8 Å². The van der Waals surface area contributed by atoms with Crippen LogP contribution in [0.3, 0.4) is 0 Å². The molecule has 20 heavy (non-hydrogen) atoms. The van der Waals surface area contributed by atoms with Gasteiger partial charge in [0.05, 0.1) is 16.0 Å². The summed E-state index contributed by atoms with van der Waals surface area (Å²) in [4.78, 5) is 13.1. The molecule has 0 bridgehead atoms. The van der Waals surface area contributed by atoms with E-state index in [1.165, 1.54) is 0 Å². The normalized spacial score (nSPS) is 11.7. The highest BCUT2D eigenvalue weighted by Gasteiger charge is 2.23. The van der Waals surface area contributed by atoms with E-state index in [4.69, 9.17) is 4.74 Å². The minimum Gasteiger partial charge on any atom is -0.455 e. The molecule has 0 amide bonds. The lowest BCUT2D eigenvalue weighted by atomic mass is 10.2. The maximum atomic E-state index is 12.0. The molecular formula is C13H16BrN3O2S. The highest BCUT2D eigenvalue weighted by molar-refractivity contribution is 9.11. The molecule has 2 aromatic heterocycles. The first-order chi connectivity index (χ1) is 9.26. The van der Waals surface area contributed by atoms with Gasteiger partial charge in [0.15, 0.2) is 5.69 Å². The van der Waals surface area contributed by atoms with Crippen LogP contribution in [0, 0.1) is 6.92 Å². The molecule has 0 unspecified atom stereocenters. The Morgan fingerprint density at radius 2 is 2.15 bits per heavy atom. The molecule has 0 saturated heterocycles. The van der Waals surface area contributed by atoms with Gasteiger partial charge in [-0.25, -0.2) is 9.48 Å². The monoisotopic (exact) mass is 357 g/mol. The Kier molecular flexibility index (Phi) is 4.29. The zero-order valence-corrected chi connectivity index (χ0v) is 14.2. The van der Waals surface area contributed by atoms with Crippen LogP contribution in [0.4, 0.5) is 0 Å². The van der Waals surface area contributed by atoms with Crippen molar-refractivity contribution < 1.29 is 9.53 Å². The third kappa shape index (κ3) is 3.67. The Bertz CT molecular complexity index is 628. The van der Waals surface area contributed by atoms with Crippen LogP contribution >= 0.6 is 27.3 Å². The maximum absolute atomic E-state index is 12.0. The SMILES string of the molecule is Cc1c(C(=O)OC(C)(C)C)nnn1Cc1ccc(Br)s1. The number of rotatable bonds is 3. The minimum absolute atomic E-state index is 0.274. The highest BCUT2D eigenvalue weighted by Crippen LogP contribution is 2.23. The van der Waals surface area contributed by atoms with E-state index in [1.807, 2.05) is 39.8 Å². The van der Waals surface area contributed by atoms with Gasteiger partial charge in [-0.3, -0.25) is 0 Å². The summed E-state index contributed by atoms with van der Waals surface area (Å²) in [5.74, 6) is -0.436. The molecule has 0 atom stereocenters. The summed E-state index contributed by atoms with van der Waals surface area (Å²) in [5.41, 5.74) is 0.450. The van der Waals surface area contributed by atoms with Crippen LogP contribution < -0.4 is 0 Å². The molecule has 0 aliphatic rings. The fraction of sp³-hybridized carbons (Fsp3) is 0.462. The van der Waals surface area contributed by atoms with E-state index >= 15 is 0 Å². The largest absolute Gasteiger partial charge is 0.455 e. The Balaban J connectivity index is 2.16. The number of aromatic nitrogens is 3. The molecule has 2 aromatic rings. The van der Waals surface area contributed by atoms with Gasteiger partial charge in [-0.05, 0) is 55.8 Å². The summed E-state index contributed by atoms with van der Waals surface area (Å²) in [6.07, 6.45) is 0. The number of ether oxygens (including phenoxy) is 1. The summed E-state index contributed by atoms with van der Waals surface area (Å²) < 4.78 is 8.09. The van der Waals surface area contributed by atoms with Crippen LogP contribution in [0.2, 0.25) is 0 Å². The first kappa shape index (κ1) is 15.2. The molecule has 0 fully saturated rings. The van der Waals surface area contributed by atoms with Crippen molar-refractivity contribution in [2.75, 3.05) is 0 Å². The Labute approximate surface area is 130 Å². The van der Waals surface area contributed by atoms with Crippen LogP contribution in [-0.4, -0.2) is 26.6 Å². The van der Waals surface area contributed by atoms with Gasteiger partial charge in [0.2, 0.25) is 0 Å². The standard InChI is InChI=1S/C13H16BrN3O2S/c1-8-11(12(18)19-13(2,3)4)15-16-17(8)7-9-5-6-10(14)20-9/h5-6H,7H2,1-4H3. The van der Waals surface area contributed by atoms with E-state index in [-0.39, 0.29) is 5.69 Å². The van der Waals surface area contributed by atoms with Crippen LogP contribution in [0.15, 0.2) is 15.9 Å². The highest BCUT2D eigenvalue weighted by atomic mass is 79.9. The van der Waals surface area contributed by atoms with Crippen LogP contribution in [0.5, 0.6) is 0 Å². The zero-order chi connectivity index (χ0) is 14.9. The van der Waals surface area contributed by atoms with E-state index in [0.717, 1.165) is 8.66 Å². The molecule has 0 aliphatic carbocycles. The van der Waals surface area contributed by atoms with E-state index < -0.39 is 11.6 Å². The van der Waals surface area contributed by atoms with Gasteiger partial charge in [-0.2, -0.15) is 0 Å². The maximum Gasteiger partial charge on any atom is 0.361 e. The fourth-order valence-electron chi connectivity index (χ4n) is 1.61. The second-order valence-electron chi connectivity index (χ2n) is 5.39. The minimum atomic E-state index is -0.536. The molecule has 0 radical (unpaired) electrons. The van der Waals surface area contributed by atoms with Gasteiger partial charge >= 0.3 is 5.97 Å². The van der Waals surface area contributed by atoms with Crippen molar-refractivity contribution in [1.82, 2.24) is 15.0 Å². The Morgan fingerprint density at radius 1 is 1.45 bits per heavy atom. The van der Waals surface area contributed by atoms with Gasteiger partial charge in [-0.1, -0.05) is 5.21 Å². The number of thiophene rings is 1. The first-order valence-corrected chi connectivity index (χ1v) is 7.75. The second kappa shape index (κ2) is 5.65.